The summed E-state index contributed by atoms with van der Waals surface area (Å²) in [6, 6.07) is 22.6. The largest absolute Gasteiger partial charge is 0.459 e. The zero-order valence-corrected chi connectivity index (χ0v) is 15.4. The van der Waals surface area contributed by atoms with Gasteiger partial charge in [0.05, 0.1) is 4.92 Å². The first-order valence-electron chi connectivity index (χ1n) is 8.85. The summed E-state index contributed by atoms with van der Waals surface area (Å²) in [6.45, 7) is -0.406. The molecule has 0 aliphatic carbocycles. The van der Waals surface area contributed by atoms with Gasteiger partial charge in [0.2, 0.25) is 0 Å². The highest BCUT2D eigenvalue weighted by molar-refractivity contribution is 5.96. The molecule has 0 aromatic heterocycles. The van der Waals surface area contributed by atoms with Crippen molar-refractivity contribution < 1.29 is 19.2 Å². The summed E-state index contributed by atoms with van der Waals surface area (Å²) in [5.74, 6) is -1.03. The Morgan fingerprint density at radius 1 is 0.897 bits per heavy atom. The highest BCUT2D eigenvalue weighted by atomic mass is 16.6. The lowest BCUT2D eigenvalue weighted by Gasteiger charge is -2.08. The van der Waals surface area contributed by atoms with Gasteiger partial charge in [-0.05, 0) is 28.8 Å². The molecule has 146 valence electrons. The predicted molar refractivity (Wildman–Crippen MR) is 107 cm³/mol. The lowest BCUT2D eigenvalue weighted by Crippen LogP contribution is -2.30. The zero-order valence-electron chi connectivity index (χ0n) is 15.4. The molecule has 1 amide bonds. The number of hydrogen-bond donors (Lipinski definition) is 1. The van der Waals surface area contributed by atoms with Crippen molar-refractivity contribution in [2.75, 3.05) is 6.54 Å². The van der Waals surface area contributed by atoms with Crippen LogP contribution in [0, 0.1) is 10.1 Å². The maximum absolute atomic E-state index is 12.2. The van der Waals surface area contributed by atoms with E-state index in [2.05, 4.69) is 5.32 Å². The van der Waals surface area contributed by atoms with Crippen LogP contribution in [0.5, 0.6) is 0 Å². The SMILES string of the molecule is O=C(CNC(=O)c1ccc(-c2ccccc2)cc1)OCc1cccc([N+](=O)[O-])c1. The van der Waals surface area contributed by atoms with Crippen molar-refractivity contribution in [3.05, 3.63) is 100 Å². The number of ether oxygens (including phenoxy) is 1. The van der Waals surface area contributed by atoms with E-state index in [0.717, 1.165) is 11.1 Å². The highest BCUT2D eigenvalue weighted by Gasteiger charge is 2.11. The molecule has 0 radical (unpaired) electrons. The molecule has 0 saturated carbocycles. The van der Waals surface area contributed by atoms with E-state index in [-0.39, 0.29) is 18.8 Å². The van der Waals surface area contributed by atoms with E-state index in [9.17, 15) is 19.7 Å². The van der Waals surface area contributed by atoms with Gasteiger partial charge in [0, 0.05) is 17.7 Å². The Hall–Kier alpha value is -4.00. The molecule has 0 bridgehead atoms. The summed E-state index contributed by atoms with van der Waals surface area (Å²) in [5.41, 5.74) is 2.88. The van der Waals surface area contributed by atoms with Crippen LogP contribution in [-0.4, -0.2) is 23.3 Å². The fourth-order valence-electron chi connectivity index (χ4n) is 2.67. The van der Waals surface area contributed by atoms with Gasteiger partial charge in [-0.3, -0.25) is 19.7 Å². The van der Waals surface area contributed by atoms with Gasteiger partial charge in [0.25, 0.3) is 11.6 Å². The predicted octanol–water partition coefficient (Wildman–Crippen LogP) is 3.74. The fraction of sp³-hybridized carbons (Fsp3) is 0.0909. The molecule has 0 unspecified atom stereocenters. The number of nitrogens with zero attached hydrogens (tertiary/aromatic N) is 1. The summed E-state index contributed by atoms with van der Waals surface area (Å²) in [4.78, 5) is 34.3. The summed E-state index contributed by atoms with van der Waals surface area (Å²) in [6.07, 6.45) is 0. The van der Waals surface area contributed by atoms with E-state index in [4.69, 9.17) is 4.74 Å². The number of nitro groups is 1. The average Bonchev–Trinajstić information content (AvgIpc) is 2.77. The minimum absolute atomic E-state index is 0.0780. The Morgan fingerprint density at radius 3 is 2.28 bits per heavy atom. The van der Waals surface area contributed by atoms with Crippen LogP contribution in [0.15, 0.2) is 78.9 Å². The third kappa shape index (κ3) is 5.49. The molecule has 0 aliphatic rings. The maximum Gasteiger partial charge on any atom is 0.325 e. The first-order chi connectivity index (χ1) is 14.0. The summed E-state index contributed by atoms with van der Waals surface area (Å²) in [7, 11) is 0. The van der Waals surface area contributed by atoms with Gasteiger partial charge in [-0.1, -0.05) is 54.6 Å². The van der Waals surface area contributed by atoms with Gasteiger partial charge >= 0.3 is 5.97 Å². The van der Waals surface area contributed by atoms with Gasteiger partial charge in [-0.15, -0.1) is 0 Å². The van der Waals surface area contributed by atoms with E-state index < -0.39 is 16.8 Å². The van der Waals surface area contributed by atoms with Crippen LogP contribution in [-0.2, 0) is 16.1 Å². The molecular weight excluding hydrogens is 372 g/mol. The standard InChI is InChI=1S/C22H18N2O5/c25-21(29-15-16-5-4-8-20(13-16)24(27)28)14-23-22(26)19-11-9-18(10-12-19)17-6-2-1-3-7-17/h1-13H,14-15H2,(H,23,26). The van der Waals surface area contributed by atoms with Crippen molar-refractivity contribution in [2.24, 2.45) is 0 Å². The molecule has 0 heterocycles. The van der Waals surface area contributed by atoms with Crippen LogP contribution < -0.4 is 5.32 Å². The van der Waals surface area contributed by atoms with E-state index in [1.165, 1.54) is 18.2 Å². The van der Waals surface area contributed by atoms with E-state index >= 15 is 0 Å². The van der Waals surface area contributed by atoms with Crippen molar-refractivity contribution in [3.63, 3.8) is 0 Å². The summed E-state index contributed by atoms with van der Waals surface area (Å²) < 4.78 is 5.05. The molecule has 7 heteroatoms. The molecule has 0 spiro atoms. The fourth-order valence-corrected chi connectivity index (χ4v) is 2.67. The number of esters is 1. The first kappa shape index (κ1) is 19.8. The van der Waals surface area contributed by atoms with Crippen molar-refractivity contribution in [3.8, 4) is 11.1 Å². The van der Waals surface area contributed by atoms with Crippen molar-refractivity contribution in [1.29, 1.82) is 0 Å². The Bertz CT molecular complexity index is 1020. The average molecular weight is 390 g/mol. The normalized spacial score (nSPS) is 10.2. The Kier molecular flexibility index (Phi) is 6.32. The molecule has 0 fully saturated rings. The van der Waals surface area contributed by atoms with Crippen molar-refractivity contribution in [2.45, 2.75) is 6.61 Å². The molecular formula is C22H18N2O5. The van der Waals surface area contributed by atoms with Gasteiger partial charge in [-0.2, -0.15) is 0 Å². The molecule has 1 N–H and O–H groups in total. The van der Waals surface area contributed by atoms with E-state index in [1.807, 2.05) is 42.5 Å². The van der Waals surface area contributed by atoms with Crippen LogP contribution in [0.1, 0.15) is 15.9 Å². The van der Waals surface area contributed by atoms with Gasteiger partial charge in [0.1, 0.15) is 13.2 Å². The van der Waals surface area contributed by atoms with Crippen LogP contribution in [0.3, 0.4) is 0 Å². The lowest BCUT2D eigenvalue weighted by atomic mass is 10.0. The number of benzene rings is 3. The van der Waals surface area contributed by atoms with Crippen LogP contribution >= 0.6 is 0 Å². The second-order valence-corrected chi connectivity index (χ2v) is 6.21. The number of nitro benzene ring substituents is 1. The van der Waals surface area contributed by atoms with Gasteiger partial charge < -0.3 is 10.1 Å². The van der Waals surface area contributed by atoms with Gasteiger partial charge in [-0.25, -0.2) is 0 Å². The molecule has 3 aromatic rings. The number of amides is 1. The number of non-ortho nitro benzene ring substituents is 1. The molecule has 0 saturated heterocycles. The third-order valence-electron chi connectivity index (χ3n) is 4.17. The Balaban J connectivity index is 1.49. The maximum atomic E-state index is 12.2. The number of carbonyl (C=O) groups is 2. The third-order valence-corrected chi connectivity index (χ3v) is 4.17. The molecule has 29 heavy (non-hydrogen) atoms. The molecule has 7 nitrogen and oxygen atoms in total. The first-order valence-corrected chi connectivity index (χ1v) is 8.85. The van der Waals surface area contributed by atoms with Crippen LogP contribution in [0.4, 0.5) is 5.69 Å². The second-order valence-electron chi connectivity index (χ2n) is 6.21. The zero-order chi connectivity index (χ0) is 20.6. The van der Waals surface area contributed by atoms with E-state index in [1.54, 1.807) is 18.2 Å². The van der Waals surface area contributed by atoms with Crippen molar-refractivity contribution >= 4 is 17.6 Å². The molecule has 0 atom stereocenters. The highest BCUT2D eigenvalue weighted by Crippen LogP contribution is 2.19. The van der Waals surface area contributed by atoms with Gasteiger partial charge in [0.15, 0.2) is 0 Å². The molecule has 3 rings (SSSR count). The topological polar surface area (TPSA) is 98.5 Å². The number of carbonyl (C=O) groups excluding carboxylic acids is 2. The quantitative estimate of drug-likeness (QED) is 0.376. The second kappa shape index (κ2) is 9.27. The lowest BCUT2D eigenvalue weighted by molar-refractivity contribution is -0.384. The summed E-state index contributed by atoms with van der Waals surface area (Å²) in [5, 5.41) is 13.3. The van der Waals surface area contributed by atoms with Crippen LogP contribution in [0.25, 0.3) is 11.1 Å². The monoisotopic (exact) mass is 390 g/mol. The minimum atomic E-state index is -0.634. The Labute approximate surface area is 167 Å². The van der Waals surface area contributed by atoms with Crippen LogP contribution in [0.2, 0.25) is 0 Å². The van der Waals surface area contributed by atoms with Crippen molar-refractivity contribution in [1.82, 2.24) is 5.32 Å². The summed E-state index contributed by atoms with van der Waals surface area (Å²) >= 11 is 0. The number of rotatable bonds is 7. The number of nitrogens with one attached hydrogen (secondary N) is 1. The number of hydrogen-bond acceptors (Lipinski definition) is 5. The Morgan fingerprint density at radius 2 is 1.59 bits per heavy atom. The minimum Gasteiger partial charge on any atom is -0.459 e. The van der Waals surface area contributed by atoms with E-state index in [0.29, 0.717) is 11.1 Å². The molecule has 0 aliphatic heterocycles. The smallest absolute Gasteiger partial charge is 0.325 e. The molecule has 3 aromatic carbocycles.